The van der Waals surface area contributed by atoms with Gasteiger partial charge in [0, 0.05) is 6.07 Å². The third kappa shape index (κ3) is 6.52. The van der Waals surface area contributed by atoms with Crippen LogP contribution in [0.1, 0.15) is 5.56 Å². The van der Waals surface area contributed by atoms with Gasteiger partial charge in [0.2, 0.25) is 0 Å². The van der Waals surface area contributed by atoms with E-state index in [1.807, 2.05) is 0 Å². The van der Waals surface area contributed by atoms with E-state index in [9.17, 15) is 13.2 Å². The number of hydrogen-bond acceptors (Lipinski definition) is 8. The summed E-state index contributed by atoms with van der Waals surface area (Å²) in [6, 6.07) is 15.9. The van der Waals surface area contributed by atoms with Crippen molar-refractivity contribution >= 4 is 43.8 Å². The zero-order valence-electron chi connectivity index (χ0n) is 20.6. The number of carbonyl (C=O) groups excluding carboxylic acids is 1. The molecular formula is C25H26BrN3O7S. The quantitative estimate of drug-likeness (QED) is 0.266. The van der Waals surface area contributed by atoms with Crippen LogP contribution in [0.5, 0.6) is 23.0 Å². The van der Waals surface area contributed by atoms with Gasteiger partial charge >= 0.3 is 0 Å². The molecule has 0 radical (unpaired) electrons. The van der Waals surface area contributed by atoms with Crippen molar-refractivity contribution in [3.63, 3.8) is 0 Å². The zero-order chi connectivity index (χ0) is 27.0. The van der Waals surface area contributed by atoms with Crippen LogP contribution in [0, 0.1) is 0 Å². The number of hydrogen-bond donors (Lipinski definition) is 1. The minimum atomic E-state index is -4.16. The Bertz CT molecular complexity index is 1380. The first kappa shape index (κ1) is 27.8. The molecule has 0 atom stereocenters. The first-order valence-corrected chi connectivity index (χ1v) is 13.0. The van der Waals surface area contributed by atoms with Crippen LogP contribution in [0.2, 0.25) is 0 Å². The monoisotopic (exact) mass is 591 g/mol. The highest BCUT2D eigenvalue weighted by molar-refractivity contribution is 9.10. The number of carbonyl (C=O) groups is 1. The van der Waals surface area contributed by atoms with Crippen molar-refractivity contribution < 1.29 is 32.2 Å². The van der Waals surface area contributed by atoms with E-state index >= 15 is 0 Å². The molecule has 0 aromatic heterocycles. The van der Waals surface area contributed by atoms with Gasteiger partial charge in [-0.1, -0.05) is 18.2 Å². The summed E-state index contributed by atoms with van der Waals surface area (Å²) in [5, 5.41) is 3.97. The van der Waals surface area contributed by atoms with Crippen molar-refractivity contribution in [2.45, 2.75) is 4.90 Å². The lowest BCUT2D eigenvalue weighted by Crippen LogP contribution is -2.39. The predicted octanol–water partition coefficient (Wildman–Crippen LogP) is 3.83. The average Bonchev–Trinajstić information content (AvgIpc) is 2.91. The van der Waals surface area contributed by atoms with E-state index < -0.39 is 22.5 Å². The van der Waals surface area contributed by atoms with Crippen LogP contribution in [0.4, 0.5) is 5.69 Å². The molecule has 0 saturated carbocycles. The Morgan fingerprint density at radius 3 is 2.22 bits per heavy atom. The van der Waals surface area contributed by atoms with Crippen LogP contribution >= 0.6 is 15.9 Å². The molecule has 0 fully saturated rings. The lowest BCUT2D eigenvalue weighted by Gasteiger charge is -2.24. The Morgan fingerprint density at radius 1 is 0.919 bits per heavy atom. The molecule has 3 aromatic rings. The summed E-state index contributed by atoms with van der Waals surface area (Å²) in [6.07, 6.45) is 1.40. The molecule has 1 amide bonds. The van der Waals surface area contributed by atoms with Crippen LogP contribution in [0.25, 0.3) is 0 Å². The molecule has 0 aliphatic heterocycles. The Morgan fingerprint density at radius 2 is 1.59 bits per heavy atom. The van der Waals surface area contributed by atoms with E-state index in [1.54, 1.807) is 42.5 Å². The van der Waals surface area contributed by atoms with Gasteiger partial charge in [0.15, 0.2) is 23.0 Å². The molecule has 10 nitrogen and oxygen atoms in total. The van der Waals surface area contributed by atoms with E-state index in [0.29, 0.717) is 33.0 Å². The highest BCUT2D eigenvalue weighted by Gasteiger charge is 2.28. The number of sulfonamides is 1. The van der Waals surface area contributed by atoms with Crippen LogP contribution in [0.3, 0.4) is 0 Å². The molecule has 0 heterocycles. The van der Waals surface area contributed by atoms with Gasteiger partial charge < -0.3 is 18.9 Å². The molecule has 0 spiro atoms. The van der Waals surface area contributed by atoms with E-state index in [-0.39, 0.29) is 10.6 Å². The van der Waals surface area contributed by atoms with Gasteiger partial charge in [0.05, 0.1) is 49.7 Å². The molecule has 3 rings (SSSR count). The number of methoxy groups -OCH3 is 4. The predicted molar refractivity (Wildman–Crippen MR) is 144 cm³/mol. The number of ether oxygens (including phenoxy) is 4. The third-order valence-electron chi connectivity index (χ3n) is 5.13. The molecule has 196 valence electrons. The molecule has 0 unspecified atom stereocenters. The van der Waals surface area contributed by atoms with Gasteiger partial charge in [-0.2, -0.15) is 5.10 Å². The molecular weight excluding hydrogens is 566 g/mol. The fraction of sp³-hybridized carbons (Fsp3) is 0.200. The second-order valence-electron chi connectivity index (χ2n) is 7.40. The topological polar surface area (TPSA) is 116 Å². The molecule has 3 aromatic carbocycles. The van der Waals surface area contributed by atoms with Crippen LogP contribution in [-0.4, -0.2) is 55.5 Å². The number of hydrazone groups is 1. The lowest BCUT2D eigenvalue weighted by molar-refractivity contribution is -0.119. The summed E-state index contributed by atoms with van der Waals surface area (Å²) >= 11 is 3.40. The maximum Gasteiger partial charge on any atom is 0.264 e. The largest absolute Gasteiger partial charge is 0.493 e. The molecule has 0 aliphatic rings. The molecule has 12 heteroatoms. The molecule has 1 N–H and O–H groups in total. The number of para-hydroxylation sites is 1. The van der Waals surface area contributed by atoms with Crippen molar-refractivity contribution in [1.82, 2.24) is 5.43 Å². The van der Waals surface area contributed by atoms with Crippen LogP contribution in [-0.2, 0) is 14.8 Å². The van der Waals surface area contributed by atoms with Crippen molar-refractivity contribution in [3.05, 3.63) is 70.7 Å². The lowest BCUT2D eigenvalue weighted by atomic mass is 10.2. The van der Waals surface area contributed by atoms with Crippen molar-refractivity contribution in [1.29, 1.82) is 0 Å². The number of benzene rings is 3. The smallest absolute Gasteiger partial charge is 0.264 e. The normalized spacial score (nSPS) is 11.2. The molecule has 0 aliphatic carbocycles. The number of halogens is 1. The van der Waals surface area contributed by atoms with Crippen molar-refractivity contribution in [2.75, 3.05) is 39.3 Å². The van der Waals surface area contributed by atoms with Gasteiger partial charge in [0.1, 0.15) is 6.54 Å². The summed E-state index contributed by atoms with van der Waals surface area (Å²) in [4.78, 5) is 12.7. The molecule has 0 bridgehead atoms. The first-order chi connectivity index (χ1) is 17.7. The summed E-state index contributed by atoms with van der Waals surface area (Å²) in [7, 11) is 1.73. The number of rotatable bonds is 11. The van der Waals surface area contributed by atoms with Gasteiger partial charge in [-0.25, -0.2) is 13.8 Å². The van der Waals surface area contributed by atoms with Crippen LogP contribution in [0.15, 0.2) is 75.1 Å². The van der Waals surface area contributed by atoms with Gasteiger partial charge in [-0.05, 0) is 57.9 Å². The van der Waals surface area contributed by atoms with Gasteiger partial charge in [-0.15, -0.1) is 0 Å². The number of nitrogens with one attached hydrogen (secondary N) is 1. The maximum atomic E-state index is 13.6. The average molecular weight is 592 g/mol. The van der Waals surface area contributed by atoms with E-state index in [2.05, 4.69) is 26.5 Å². The van der Waals surface area contributed by atoms with E-state index in [0.717, 1.165) is 4.31 Å². The zero-order valence-corrected chi connectivity index (χ0v) is 23.0. The number of nitrogens with zero attached hydrogens (tertiary/aromatic N) is 2. The Labute approximate surface area is 224 Å². The Kier molecular flexibility index (Phi) is 9.36. The highest BCUT2D eigenvalue weighted by atomic mass is 79.9. The first-order valence-electron chi connectivity index (χ1n) is 10.8. The minimum absolute atomic E-state index is 0.0690. The summed E-state index contributed by atoms with van der Waals surface area (Å²) in [6.45, 7) is -0.520. The Balaban J connectivity index is 1.85. The van der Waals surface area contributed by atoms with Crippen LogP contribution < -0.4 is 28.7 Å². The standard InChI is InChI=1S/C25H26BrN3O7S/c1-33-21-11-10-19(14-22(21)34-2)37(31,32)29(18-8-6-5-7-9-18)16-24(30)28-27-15-17-12-20(26)25(36-4)23(13-17)35-3/h5-15H,16H2,1-4H3,(H,28,30)/b27-15-. The van der Waals surface area contributed by atoms with Crippen molar-refractivity contribution in [2.24, 2.45) is 5.10 Å². The number of anilines is 1. The molecule has 37 heavy (non-hydrogen) atoms. The fourth-order valence-corrected chi connectivity index (χ4v) is 5.43. The summed E-state index contributed by atoms with van der Waals surface area (Å²) in [5.74, 6) is 0.959. The summed E-state index contributed by atoms with van der Waals surface area (Å²) < 4.78 is 49.8. The Hall–Kier alpha value is -3.77. The van der Waals surface area contributed by atoms with Crippen molar-refractivity contribution in [3.8, 4) is 23.0 Å². The van der Waals surface area contributed by atoms with E-state index in [1.165, 1.54) is 52.9 Å². The molecule has 0 saturated heterocycles. The van der Waals surface area contributed by atoms with Gasteiger partial charge in [-0.3, -0.25) is 9.10 Å². The maximum absolute atomic E-state index is 13.6. The minimum Gasteiger partial charge on any atom is -0.493 e. The SMILES string of the molecule is COc1ccc(S(=O)(=O)N(CC(=O)N/N=C\c2cc(Br)c(OC)c(OC)c2)c2ccccc2)cc1OC. The fourth-order valence-electron chi connectivity index (χ4n) is 3.37. The summed E-state index contributed by atoms with van der Waals surface area (Å²) in [5.41, 5.74) is 3.29. The number of amides is 1. The third-order valence-corrected chi connectivity index (χ3v) is 7.49. The second-order valence-corrected chi connectivity index (χ2v) is 10.1. The highest BCUT2D eigenvalue weighted by Crippen LogP contribution is 2.36. The van der Waals surface area contributed by atoms with E-state index in [4.69, 9.17) is 18.9 Å². The van der Waals surface area contributed by atoms with Gasteiger partial charge in [0.25, 0.3) is 15.9 Å². The second kappa shape index (κ2) is 12.5.